The number of aromatic nitrogens is 2. The van der Waals surface area contributed by atoms with Gasteiger partial charge in [0.05, 0.1) is 18.9 Å². The lowest BCUT2D eigenvalue weighted by Gasteiger charge is -2.31. The van der Waals surface area contributed by atoms with Gasteiger partial charge in [-0.1, -0.05) is 11.3 Å². The number of carbonyl (C=O) groups excluding carboxylic acids is 1. The van der Waals surface area contributed by atoms with Crippen LogP contribution in [0.25, 0.3) is 0 Å². The Morgan fingerprint density at radius 2 is 2.20 bits per heavy atom. The minimum absolute atomic E-state index is 0.0129. The average Bonchev–Trinajstić information content (AvgIpc) is 3.14. The zero-order valence-corrected chi connectivity index (χ0v) is 17.3. The van der Waals surface area contributed by atoms with Crippen LogP contribution in [0, 0.1) is 0 Å². The van der Waals surface area contributed by atoms with E-state index in [0.717, 1.165) is 11.3 Å². The second-order valence-corrected chi connectivity index (χ2v) is 7.45. The molecule has 30 heavy (non-hydrogen) atoms. The molecule has 2 aromatic heterocycles. The molecule has 0 aromatic carbocycles. The molecule has 1 saturated heterocycles. The molecule has 0 aliphatic carbocycles. The number of allylic oxidation sites excluding steroid dienone is 1. The first-order valence-corrected chi connectivity index (χ1v) is 9.96. The van der Waals surface area contributed by atoms with Gasteiger partial charge in [0, 0.05) is 24.9 Å². The first kappa shape index (κ1) is 21.5. The molecule has 1 aliphatic heterocycles. The smallest absolute Gasteiger partial charge is 0.381 e. The number of ether oxygens (including phenoxy) is 1. The van der Waals surface area contributed by atoms with Crippen molar-refractivity contribution in [3.8, 4) is 5.75 Å². The van der Waals surface area contributed by atoms with Gasteiger partial charge in [0.15, 0.2) is 5.76 Å². The van der Waals surface area contributed by atoms with E-state index in [1.54, 1.807) is 13.0 Å². The van der Waals surface area contributed by atoms with E-state index in [0.29, 0.717) is 42.5 Å². The predicted octanol–water partition coefficient (Wildman–Crippen LogP) is 1.28. The highest BCUT2D eigenvalue weighted by atomic mass is 32.1. The first-order chi connectivity index (χ1) is 14.4. The van der Waals surface area contributed by atoms with Crippen molar-refractivity contribution in [2.45, 2.75) is 25.9 Å². The van der Waals surface area contributed by atoms with Crippen LogP contribution in [-0.4, -0.2) is 53.2 Å². The largest absolute Gasteiger partial charge is 0.488 e. The molecule has 0 radical (unpaired) electrons. The summed E-state index contributed by atoms with van der Waals surface area (Å²) in [5.74, 6) is -0.832. The molecule has 0 atom stereocenters. The van der Waals surface area contributed by atoms with Gasteiger partial charge < -0.3 is 24.9 Å². The summed E-state index contributed by atoms with van der Waals surface area (Å²) in [4.78, 5) is 31.0. The Kier molecular flexibility index (Phi) is 6.79. The summed E-state index contributed by atoms with van der Waals surface area (Å²) in [6.07, 6.45) is 3.69. The van der Waals surface area contributed by atoms with Crippen molar-refractivity contribution < 1.29 is 19.1 Å². The minimum Gasteiger partial charge on any atom is -0.488 e. The number of hydrogen-bond donors (Lipinski definition) is 3. The topological polar surface area (TPSA) is 156 Å². The number of hydrogen-bond acceptors (Lipinski definition) is 11. The van der Waals surface area contributed by atoms with E-state index < -0.39 is 11.5 Å². The number of aliphatic imine (C=N–C) groups is 1. The lowest BCUT2D eigenvalue weighted by Crippen LogP contribution is -2.36. The third kappa shape index (κ3) is 5.02. The van der Waals surface area contributed by atoms with Crippen LogP contribution in [0.1, 0.15) is 30.3 Å². The predicted molar refractivity (Wildman–Crippen MR) is 113 cm³/mol. The van der Waals surface area contributed by atoms with Crippen LogP contribution in [0.15, 0.2) is 32.5 Å². The molecule has 4 N–H and O–H groups in total. The van der Waals surface area contributed by atoms with Gasteiger partial charge in [-0.3, -0.25) is 10.1 Å². The molecule has 1 fully saturated rings. The van der Waals surface area contributed by atoms with Crippen LogP contribution in [0.3, 0.4) is 0 Å². The van der Waals surface area contributed by atoms with E-state index in [4.69, 9.17) is 14.9 Å². The fraction of sp³-hybridized carbons (Fsp3) is 0.389. The van der Waals surface area contributed by atoms with Crippen molar-refractivity contribution in [3.63, 3.8) is 0 Å². The molecule has 0 saturated carbocycles. The Labute approximate surface area is 175 Å². The summed E-state index contributed by atoms with van der Waals surface area (Å²) in [5, 5.41) is 20.5. The number of rotatable bonds is 6. The number of nitrogens with zero attached hydrogens (tertiary/aromatic N) is 4. The van der Waals surface area contributed by atoms with E-state index >= 15 is 0 Å². The fourth-order valence-corrected chi connectivity index (χ4v) is 3.58. The number of methoxy groups -OCH3 is 1. The molecule has 160 valence electrons. The SMILES string of the molecule is COc1c(N2CCC(O)CC2)cc(C(=O)Nc2nnc(N=C(C)C=CN)s2)oc1=O. The number of nitrogens with one attached hydrogen (secondary N) is 1. The number of piperidine rings is 1. The molecule has 0 unspecified atom stereocenters. The molecule has 0 bridgehead atoms. The molecule has 11 nitrogen and oxygen atoms in total. The van der Waals surface area contributed by atoms with Gasteiger partial charge in [-0.05, 0) is 32.0 Å². The Balaban J connectivity index is 1.82. The van der Waals surface area contributed by atoms with Gasteiger partial charge in [0.2, 0.25) is 16.0 Å². The summed E-state index contributed by atoms with van der Waals surface area (Å²) >= 11 is 1.06. The zero-order valence-electron chi connectivity index (χ0n) is 16.5. The van der Waals surface area contributed by atoms with Gasteiger partial charge in [0.25, 0.3) is 5.91 Å². The molecule has 3 heterocycles. The molecular weight excluding hydrogens is 412 g/mol. The van der Waals surface area contributed by atoms with Crippen LogP contribution in [-0.2, 0) is 0 Å². The summed E-state index contributed by atoms with van der Waals surface area (Å²) in [5.41, 5.74) is 5.62. The highest BCUT2D eigenvalue weighted by Gasteiger charge is 2.25. The fourth-order valence-electron chi connectivity index (χ4n) is 2.91. The molecule has 0 spiro atoms. The lowest BCUT2D eigenvalue weighted by molar-refractivity contribution is 0.0991. The van der Waals surface area contributed by atoms with Crippen LogP contribution in [0.5, 0.6) is 5.75 Å². The number of carbonyl (C=O) groups is 1. The maximum atomic E-state index is 12.6. The molecule has 2 aromatic rings. The normalized spacial score (nSPS) is 15.6. The van der Waals surface area contributed by atoms with Crippen molar-refractivity contribution >= 4 is 38.9 Å². The third-order valence-corrected chi connectivity index (χ3v) is 5.10. The first-order valence-electron chi connectivity index (χ1n) is 9.14. The molecule has 1 aliphatic rings. The lowest BCUT2D eigenvalue weighted by atomic mass is 10.1. The van der Waals surface area contributed by atoms with Gasteiger partial charge >= 0.3 is 5.63 Å². The van der Waals surface area contributed by atoms with Crippen molar-refractivity contribution in [1.29, 1.82) is 0 Å². The maximum absolute atomic E-state index is 12.6. The van der Waals surface area contributed by atoms with E-state index in [1.165, 1.54) is 19.4 Å². The molecule has 12 heteroatoms. The monoisotopic (exact) mass is 434 g/mol. The highest BCUT2D eigenvalue weighted by Crippen LogP contribution is 2.29. The van der Waals surface area contributed by atoms with Crippen molar-refractivity contribution in [1.82, 2.24) is 10.2 Å². The second-order valence-electron chi connectivity index (χ2n) is 6.49. The third-order valence-electron chi connectivity index (χ3n) is 4.37. The summed E-state index contributed by atoms with van der Waals surface area (Å²) in [6, 6.07) is 1.45. The highest BCUT2D eigenvalue weighted by molar-refractivity contribution is 7.18. The minimum atomic E-state index is -0.766. The van der Waals surface area contributed by atoms with Gasteiger partial charge in [-0.2, -0.15) is 0 Å². The number of nitrogens with two attached hydrogens (primary N) is 1. The van der Waals surface area contributed by atoms with Gasteiger partial charge in [-0.25, -0.2) is 9.79 Å². The standard InChI is InChI=1S/C18H22N6O5S/c1-10(3-6-19)20-17-22-23-18(30-17)21-15(26)13-9-12(14(28-2)16(27)29-13)24-7-4-11(25)5-8-24/h3,6,9,11,25H,4-5,7-8,19H2,1-2H3,(H,21,23,26). The Hall–Kier alpha value is -3.25. The molecule has 3 rings (SSSR count). The van der Waals surface area contributed by atoms with E-state index in [-0.39, 0.29) is 22.7 Å². The Bertz CT molecular complexity index is 1020. The van der Waals surface area contributed by atoms with Crippen LogP contribution in [0.4, 0.5) is 16.0 Å². The Morgan fingerprint density at radius 1 is 1.47 bits per heavy atom. The molecular formula is C18H22N6O5S. The zero-order chi connectivity index (χ0) is 21.7. The van der Waals surface area contributed by atoms with E-state index in [9.17, 15) is 14.7 Å². The average molecular weight is 434 g/mol. The number of amides is 1. The Morgan fingerprint density at radius 3 is 2.87 bits per heavy atom. The number of aliphatic hydroxyl groups excluding tert-OH is 1. The van der Waals surface area contributed by atoms with Crippen LogP contribution in [0.2, 0.25) is 0 Å². The van der Waals surface area contributed by atoms with Crippen molar-refractivity contribution in [2.75, 3.05) is 30.4 Å². The summed E-state index contributed by atoms with van der Waals surface area (Å²) in [6.45, 7) is 2.79. The van der Waals surface area contributed by atoms with Gasteiger partial charge in [-0.15, -0.1) is 10.2 Å². The summed E-state index contributed by atoms with van der Waals surface area (Å²) in [7, 11) is 1.36. The van der Waals surface area contributed by atoms with E-state index in [2.05, 4.69) is 20.5 Å². The number of aliphatic hydroxyl groups is 1. The summed E-state index contributed by atoms with van der Waals surface area (Å²) < 4.78 is 10.3. The van der Waals surface area contributed by atoms with E-state index in [1.807, 2.05) is 4.90 Å². The van der Waals surface area contributed by atoms with Crippen LogP contribution >= 0.6 is 11.3 Å². The molecule has 1 amide bonds. The number of anilines is 2. The van der Waals surface area contributed by atoms with Crippen LogP contribution < -0.4 is 26.3 Å². The van der Waals surface area contributed by atoms with Crippen molar-refractivity contribution in [3.05, 3.63) is 34.5 Å². The van der Waals surface area contributed by atoms with Gasteiger partial charge in [0.1, 0.15) is 0 Å². The second kappa shape index (κ2) is 9.50. The maximum Gasteiger partial charge on any atom is 0.381 e. The quantitative estimate of drug-likeness (QED) is 0.570. The van der Waals surface area contributed by atoms with Crippen molar-refractivity contribution in [2.24, 2.45) is 10.7 Å².